The second kappa shape index (κ2) is 8.12. The zero-order chi connectivity index (χ0) is 15.2. The molecule has 0 saturated carbocycles. The third-order valence-electron chi connectivity index (χ3n) is 3.10. The van der Waals surface area contributed by atoms with Crippen LogP contribution in [0, 0.1) is 0 Å². The summed E-state index contributed by atoms with van der Waals surface area (Å²) in [5.74, 6) is 0. The van der Waals surface area contributed by atoms with Gasteiger partial charge in [-0.2, -0.15) is 0 Å². The maximum Gasteiger partial charge on any atom is 0.216 e. The minimum absolute atomic E-state index is 0.235. The van der Waals surface area contributed by atoms with Gasteiger partial charge in [-0.3, -0.25) is 0 Å². The quantitative estimate of drug-likeness (QED) is 0.699. The molecule has 4 nitrogen and oxygen atoms in total. The second-order valence-corrected chi connectivity index (χ2v) is 8.00. The van der Waals surface area contributed by atoms with Crippen LogP contribution >= 0.6 is 15.9 Å². The summed E-state index contributed by atoms with van der Waals surface area (Å²) in [6, 6.07) is 7.41. The Morgan fingerprint density at radius 1 is 1.20 bits per heavy atom. The number of benzene rings is 1. The van der Waals surface area contributed by atoms with Gasteiger partial charge in [0.15, 0.2) is 0 Å². The van der Waals surface area contributed by atoms with Gasteiger partial charge in [0.25, 0.3) is 0 Å². The van der Waals surface area contributed by atoms with Gasteiger partial charge in [-0.15, -0.1) is 0 Å². The summed E-state index contributed by atoms with van der Waals surface area (Å²) in [6.07, 6.45) is 0.996. The smallest absolute Gasteiger partial charge is 0.216 e. The van der Waals surface area contributed by atoms with Gasteiger partial charge < -0.3 is 5.32 Å². The molecule has 2 unspecified atom stereocenters. The highest BCUT2D eigenvalue weighted by molar-refractivity contribution is 9.10. The van der Waals surface area contributed by atoms with E-state index in [0.29, 0.717) is 6.54 Å². The van der Waals surface area contributed by atoms with Crippen molar-refractivity contribution in [2.75, 3.05) is 13.1 Å². The van der Waals surface area contributed by atoms with E-state index >= 15 is 0 Å². The van der Waals surface area contributed by atoms with E-state index < -0.39 is 15.3 Å². The molecule has 0 spiro atoms. The topological polar surface area (TPSA) is 58.2 Å². The van der Waals surface area contributed by atoms with Crippen molar-refractivity contribution in [3.63, 3.8) is 0 Å². The fraction of sp³-hybridized carbons (Fsp3) is 0.571. The first-order valence-corrected chi connectivity index (χ1v) is 9.18. The van der Waals surface area contributed by atoms with E-state index in [1.807, 2.05) is 31.2 Å². The molecular weight excluding hydrogens is 340 g/mol. The van der Waals surface area contributed by atoms with Crippen molar-refractivity contribution in [1.82, 2.24) is 10.0 Å². The molecule has 0 aliphatic rings. The number of hydrogen-bond acceptors (Lipinski definition) is 3. The Bertz CT molecular complexity index is 502. The molecule has 1 aromatic carbocycles. The molecule has 2 N–H and O–H groups in total. The van der Waals surface area contributed by atoms with Crippen molar-refractivity contribution in [2.24, 2.45) is 0 Å². The molecule has 1 aromatic rings. The summed E-state index contributed by atoms with van der Waals surface area (Å²) in [5, 5.41) is 2.68. The van der Waals surface area contributed by atoms with E-state index in [1.54, 1.807) is 6.92 Å². The lowest BCUT2D eigenvalue weighted by molar-refractivity contribution is 0.544. The predicted molar refractivity (Wildman–Crippen MR) is 87.2 cm³/mol. The SMILES string of the molecule is CCCNCC(C)S(=O)(=O)NC(C)c1ccc(Br)cc1. The van der Waals surface area contributed by atoms with Crippen LogP contribution < -0.4 is 10.0 Å². The Morgan fingerprint density at radius 3 is 2.35 bits per heavy atom. The van der Waals surface area contributed by atoms with Crippen LogP contribution in [0.1, 0.15) is 38.8 Å². The standard InChI is InChI=1S/C14H23BrN2O2S/c1-4-9-16-10-11(2)20(18,19)17-12(3)13-5-7-14(15)8-6-13/h5-8,11-12,16-17H,4,9-10H2,1-3H3. The zero-order valence-corrected chi connectivity index (χ0v) is 14.6. The first-order chi connectivity index (χ1) is 9.36. The lowest BCUT2D eigenvalue weighted by Crippen LogP contribution is -2.40. The van der Waals surface area contributed by atoms with Gasteiger partial charge in [0, 0.05) is 17.1 Å². The third-order valence-corrected chi connectivity index (χ3v) is 5.54. The number of sulfonamides is 1. The summed E-state index contributed by atoms with van der Waals surface area (Å²) < 4.78 is 28.1. The van der Waals surface area contributed by atoms with Gasteiger partial charge in [-0.25, -0.2) is 13.1 Å². The van der Waals surface area contributed by atoms with Crippen LogP contribution in [0.5, 0.6) is 0 Å². The van der Waals surface area contributed by atoms with E-state index in [0.717, 1.165) is 23.0 Å². The first-order valence-electron chi connectivity index (χ1n) is 6.84. The second-order valence-electron chi connectivity index (χ2n) is 4.95. The number of rotatable bonds is 8. The van der Waals surface area contributed by atoms with E-state index in [2.05, 4.69) is 32.9 Å². The molecule has 0 radical (unpaired) electrons. The monoisotopic (exact) mass is 362 g/mol. The zero-order valence-electron chi connectivity index (χ0n) is 12.2. The lowest BCUT2D eigenvalue weighted by Gasteiger charge is -2.19. The molecule has 0 heterocycles. The Labute approximate surface area is 130 Å². The maximum absolute atomic E-state index is 12.2. The molecule has 2 atom stereocenters. The number of halogens is 1. The predicted octanol–water partition coefficient (Wildman–Crippen LogP) is 2.82. The third kappa shape index (κ3) is 5.52. The number of nitrogens with one attached hydrogen (secondary N) is 2. The average Bonchev–Trinajstić information content (AvgIpc) is 2.39. The van der Waals surface area contributed by atoms with Crippen LogP contribution in [0.15, 0.2) is 28.7 Å². The summed E-state index contributed by atoms with van der Waals surface area (Å²) >= 11 is 3.37. The van der Waals surface area contributed by atoms with Gasteiger partial charge in [0.2, 0.25) is 10.0 Å². The van der Waals surface area contributed by atoms with Crippen LogP contribution in [-0.2, 0) is 10.0 Å². The van der Waals surface area contributed by atoms with Crippen LogP contribution in [0.25, 0.3) is 0 Å². The molecule has 20 heavy (non-hydrogen) atoms. The Balaban J connectivity index is 2.63. The molecule has 0 aromatic heterocycles. The highest BCUT2D eigenvalue weighted by atomic mass is 79.9. The fourth-order valence-corrected chi connectivity index (χ4v) is 3.24. The maximum atomic E-state index is 12.2. The summed E-state index contributed by atoms with van der Waals surface area (Å²) in [5.41, 5.74) is 0.950. The normalized spacial score (nSPS) is 15.0. The van der Waals surface area contributed by atoms with Gasteiger partial charge >= 0.3 is 0 Å². The van der Waals surface area contributed by atoms with E-state index in [4.69, 9.17) is 0 Å². The minimum Gasteiger partial charge on any atom is -0.315 e. The van der Waals surface area contributed by atoms with Crippen molar-refractivity contribution < 1.29 is 8.42 Å². The summed E-state index contributed by atoms with van der Waals surface area (Å²) in [6.45, 7) is 6.94. The van der Waals surface area contributed by atoms with Crippen molar-refractivity contribution in [3.05, 3.63) is 34.3 Å². The van der Waals surface area contributed by atoms with Gasteiger partial charge in [0.1, 0.15) is 0 Å². The highest BCUT2D eigenvalue weighted by Gasteiger charge is 2.22. The Kier molecular flexibility index (Phi) is 7.15. The fourth-order valence-electron chi connectivity index (χ4n) is 1.77. The van der Waals surface area contributed by atoms with Gasteiger partial charge in [0.05, 0.1) is 5.25 Å². The Morgan fingerprint density at radius 2 is 1.80 bits per heavy atom. The van der Waals surface area contributed by atoms with Crippen LogP contribution in [0.3, 0.4) is 0 Å². The van der Waals surface area contributed by atoms with Crippen LogP contribution in [0.2, 0.25) is 0 Å². The van der Waals surface area contributed by atoms with Crippen molar-refractivity contribution >= 4 is 26.0 Å². The average molecular weight is 363 g/mol. The van der Waals surface area contributed by atoms with Crippen molar-refractivity contribution in [1.29, 1.82) is 0 Å². The molecule has 0 bridgehead atoms. The van der Waals surface area contributed by atoms with Crippen LogP contribution in [-0.4, -0.2) is 26.8 Å². The van der Waals surface area contributed by atoms with Gasteiger partial charge in [-0.05, 0) is 44.5 Å². The molecular formula is C14H23BrN2O2S. The van der Waals surface area contributed by atoms with E-state index in [-0.39, 0.29) is 6.04 Å². The van der Waals surface area contributed by atoms with Gasteiger partial charge in [-0.1, -0.05) is 35.0 Å². The van der Waals surface area contributed by atoms with E-state index in [9.17, 15) is 8.42 Å². The largest absolute Gasteiger partial charge is 0.315 e. The highest BCUT2D eigenvalue weighted by Crippen LogP contribution is 2.17. The molecule has 0 fully saturated rings. The van der Waals surface area contributed by atoms with Crippen molar-refractivity contribution in [2.45, 2.75) is 38.5 Å². The first kappa shape index (κ1) is 17.6. The summed E-state index contributed by atoms with van der Waals surface area (Å²) in [4.78, 5) is 0. The molecule has 0 saturated heterocycles. The molecule has 6 heteroatoms. The lowest BCUT2D eigenvalue weighted by atomic mass is 10.1. The molecule has 114 valence electrons. The van der Waals surface area contributed by atoms with Crippen LogP contribution in [0.4, 0.5) is 0 Å². The Hall–Kier alpha value is -0.430. The molecule has 1 rings (SSSR count). The molecule has 0 aliphatic carbocycles. The van der Waals surface area contributed by atoms with Crippen molar-refractivity contribution in [3.8, 4) is 0 Å². The molecule has 0 amide bonds. The summed E-state index contributed by atoms with van der Waals surface area (Å²) in [7, 11) is -3.32. The molecule has 0 aliphatic heterocycles. The minimum atomic E-state index is -3.32. The van der Waals surface area contributed by atoms with E-state index in [1.165, 1.54) is 0 Å². The number of hydrogen-bond donors (Lipinski definition) is 2.